The molecular weight excluding hydrogens is 271 g/mol. The first-order valence-corrected chi connectivity index (χ1v) is 6.38. The van der Waals surface area contributed by atoms with E-state index in [1.54, 1.807) is 0 Å². The number of rotatable bonds is 8. The van der Waals surface area contributed by atoms with Gasteiger partial charge in [-0.1, -0.05) is 0 Å². The second-order valence-corrected chi connectivity index (χ2v) is 5.01. The Labute approximate surface area is 109 Å². The fraction of sp³-hybridized carbons (Fsp3) is 0.909. The van der Waals surface area contributed by atoms with Crippen molar-refractivity contribution in [3.05, 3.63) is 0 Å². The van der Waals surface area contributed by atoms with Crippen LogP contribution in [0, 0.1) is 5.41 Å². The van der Waals surface area contributed by atoms with Crippen molar-refractivity contribution in [2.45, 2.75) is 31.9 Å². The average molecular weight is 288 g/mol. The molecule has 18 heavy (non-hydrogen) atoms. The molecule has 1 rings (SSSR count). The summed E-state index contributed by atoms with van der Waals surface area (Å²) in [6.07, 6.45) is -1.43. The highest BCUT2D eigenvalue weighted by atomic mass is 35.5. The fourth-order valence-corrected chi connectivity index (χ4v) is 2.02. The summed E-state index contributed by atoms with van der Waals surface area (Å²) < 4.78 is 39.6. The Morgan fingerprint density at radius 3 is 2.56 bits per heavy atom. The van der Waals surface area contributed by atoms with E-state index in [2.05, 4.69) is 10.1 Å². The summed E-state index contributed by atoms with van der Waals surface area (Å²) in [4.78, 5) is 11.3. The molecular formula is C11H17ClF3NO2. The molecule has 0 aromatic rings. The Bertz CT molecular complexity index is 280. The second kappa shape index (κ2) is 6.61. The van der Waals surface area contributed by atoms with Crippen LogP contribution in [-0.4, -0.2) is 37.7 Å². The predicted octanol–water partition coefficient (Wildman–Crippen LogP) is 2.48. The van der Waals surface area contributed by atoms with E-state index in [1.807, 2.05) is 0 Å². The van der Waals surface area contributed by atoms with Crippen molar-refractivity contribution >= 4 is 17.5 Å². The van der Waals surface area contributed by atoms with Crippen LogP contribution in [0.15, 0.2) is 0 Å². The van der Waals surface area contributed by atoms with Crippen molar-refractivity contribution in [2.75, 3.05) is 25.6 Å². The van der Waals surface area contributed by atoms with Gasteiger partial charge in [-0.15, -0.1) is 11.6 Å². The maximum atomic E-state index is 11.7. The number of amides is 1. The topological polar surface area (TPSA) is 38.3 Å². The van der Waals surface area contributed by atoms with Crippen LogP contribution >= 0.6 is 11.6 Å². The lowest BCUT2D eigenvalue weighted by Crippen LogP contribution is -2.31. The van der Waals surface area contributed by atoms with Crippen molar-refractivity contribution in [1.82, 2.24) is 5.32 Å². The lowest BCUT2D eigenvalue weighted by molar-refractivity contribution is -0.174. The number of hydrogen-bond donors (Lipinski definition) is 1. The molecule has 1 amide bonds. The number of nitrogens with one attached hydrogen (secondary N) is 1. The fourth-order valence-electron chi connectivity index (χ4n) is 1.62. The van der Waals surface area contributed by atoms with Crippen LogP contribution in [0.25, 0.3) is 0 Å². The van der Waals surface area contributed by atoms with Crippen LogP contribution < -0.4 is 5.32 Å². The Hall–Kier alpha value is -0.490. The van der Waals surface area contributed by atoms with Gasteiger partial charge in [0.25, 0.3) is 0 Å². The van der Waals surface area contributed by atoms with Crippen LogP contribution in [0.1, 0.15) is 25.7 Å². The van der Waals surface area contributed by atoms with E-state index in [0.717, 1.165) is 19.3 Å². The molecule has 0 unspecified atom stereocenters. The number of alkyl halides is 4. The molecule has 0 heterocycles. The first kappa shape index (κ1) is 15.6. The molecule has 0 radical (unpaired) electrons. The molecule has 1 aliphatic carbocycles. The highest BCUT2D eigenvalue weighted by Crippen LogP contribution is 2.48. The zero-order valence-corrected chi connectivity index (χ0v) is 10.7. The summed E-state index contributed by atoms with van der Waals surface area (Å²) in [5.41, 5.74) is 0.129. The molecule has 0 aliphatic heterocycles. The van der Waals surface area contributed by atoms with Gasteiger partial charge in [-0.3, -0.25) is 4.79 Å². The zero-order valence-electron chi connectivity index (χ0n) is 9.99. The monoisotopic (exact) mass is 287 g/mol. The third-order valence-corrected chi connectivity index (χ3v) is 3.17. The van der Waals surface area contributed by atoms with E-state index in [1.165, 1.54) is 0 Å². The lowest BCUT2D eigenvalue weighted by Gasteiger charge is -2.14. The zero-order chi connectivity index (χ0) is 13.6. The number of carbonyl (C=O) groups is 1. The molecule has 0 atom stereocenters. The van der Waals surface area contributed by atoms with Crippen molar-refractivity contribution in [1.29, 1.82) is 0 Å². The third-order valence-electron chi connectivity index (χ3n) is 2.98. The van der Waals surface area contributed by atoms with E-state index in [4.69, 9.17) is 11.6 Å². The van der Waals surface area contributed by atoms with E-state index >= 15 is 0 Å². The Morgan fingerprint density at radius 2 is 2.06 bits per heavy atom. The van der Waals surface area contributed by atoms with E-state index < -0.39 is 12.8 Å². The molecule has 7 heteroatoms. The van der Waals surface area contributed by atoms with Gasteiger partial charge >= 0.3 is 6.18 Å². The molecule has 1 fully saturated rings. The molecule has 0 aromatic carbocycles. The molecule has 1 aliphatic rings. The molecule has 3 nitrogen and oxygen atoms in total. The smallest absolute Gasteiger partial charge is 0.372 e. The van der Waals surface area contributed by atoms with Gasteiger partial charge in [0.05, 0.1) is 6.61 Å². The maximum Gasteiger partial charge on any atom is 0.411 e. The molecule has 1 saturated carbocycles. The summed E-state index contributed by atoms with van der Waals surface area (Å²) in [7, 11) is 0. The Balaban J connectivity index is 2.04. The van der Waals surface area contributed by atoms with Crippen molar-refractivity contribution in [2.24, 2.45) is 5.41 Å². The number of halogens is 4. The highest BCUT2D eigenvalue weighted by Gasteiger charge is 2.41. The van der Waals surface area contributed by atoms with Gasteiger partial charge in [-0.05, 0) is 24.7 Å². The summed E-state index contributed by atoms with van der Waals surface area (Å²) in [5, 5.41) is 2.71. The minimum Gasteiger partial charge on any atom is -0.372 e. The first-order valence-electron chi connectivity index (χ1n) is 5.84. The van der Waals surface area contributed by atoms with Crippen LogP contribution in [0.3, 0.4) is 0 Å². The minimum atomic E-state index is -4.34. The number of ether oxygens (including phenoxy) is 1. The Morgan fingerprint density at radius 1 is 1.39 bits per heavy atom. The summed E-state index contributed by atoms with van der Waals surface area (Å²) in [5.74, 6) is 0.280. The normalized spacial score (nSPS) is 17.6. The van der Waals surface area contributed by atoms with Gasteiger partial charge in [0.2, 0.25) is 5.91 Å². The van der Waals surface area contributed by atoms with E-state index in [-0.39, 0.29) is 24.3 Å². The van der Waals surface area contributed by atoms with Crippen molar-refractivity contribution in [3.8, 4) is 0 Å². The second-order valence-electron chi connectivity index (χ2n) is 4.63. The quantitative estimate of drug-likeness (QED) is 0.550. The molecule has 0 spiro atoms. The van der Waals surface area contributed by atoms with Crippen LogP contribution in [0.4, 0.5) is 13.2 Å². The van der Waals surface area contributed by atoms with Crippen molar-refractivity contribution < 1.29 is 22.7 Å². The van der Waals surface area contributed by atoms with Gasteiger partial charge in [0, 0.05) is 18.8 Å². The number of hydrogen-bond acceptors (Lipinski definition) is 2. The molecule has 106 valence electrons. The maximum absolute atomic E-state index is 11.7. The third kappa shape index (κ3) is 6.44. The van der Waals surface area contributed by atoms with Crippen molar-refractivity contribution in [3.63, 3.8) is 0 Å². The summed E-state index contributed by atoms with van der Waals surface area (Å²) in [6.45, 7) is -0.970. The van der Waals surface area contributed by atoms with E-state index in [0.29, 0.717) is 12.4 Å². The minimum absolute atomic E-state index is 0.0486. The summed E-state index contributed by atoms with van der Waals surface area (Å²) >= 11 is 5.65. The first-order chi connectivity index (χ1) is 8.37. The highest BCUT2D eigenvalue weighted by molar-refractivity contribution is 6.17. The standard InChI is InChI=1S/C11H17ClF3NO2/c12-5-4-10(2-3-10)7-16-9(17)1-6-18-8-11(13,14)15/h1-8H2,(H,16,17). The van der Waals surface area contributed by atoms with E-state index in [9.17, 15) is 18.0 Å². The van der Waals surface area contributed by atoms with Crippen LogP contribution in [0.2, 0.25) is 0 Å². The summed E-state index contributed by atoms with van der Waals surface area (Å²) in [6, 6.07) is 0. The average Bonchev–Trinajstić information content (AvgIpc) is 3.02. The molecule has 0 bridgehead atoms. The SMILES string of the molecule is O=C(CCOCC(F)(F)F)NCC1(CCCl)CC1. The predicted molar refractivity (Wildman–Crippen MR) is 61.5 cm³/mol. The lowest BCUT2D eigenvalue weighted by atomic mass is 10.0. The molecule has 0 saturated heterocycles. The van der Waals surface area contributed by atoms with Gasteiger partial charge in [0.15, 0.2) is 0 Å². The van der Waals surface area contributed by atoms with Gasteiger partial charge in [-0.25, -0.2) is 0 Å². The van der Waals surface area contributed by atoms with Gasteiger partial charge < -0.3 is 10.1 Å². The van der Waals surface area contributed by atoms with Gasteiger partial charge in [-0.2, -0.15) is 13.2 Å². The number of carbonyl (C=O) groups excluding carboxylic acids is 1. The van der Waals surface area contributed by atoms with Crippen LogP contribution in [0.5, 0.6) is 0 Å². The molecule has 0 aromatic heterocycles. The molecule has 1 N–H and O–H groups in total. The Kier molecular flexibility index (Phi) is 5.72. The van der Waals surface area contributed by atoms with Crippen LogP contribution in [-0.2, 0) is 9.53 Å². The van der Waals surface area contributed by atoms with Gasteiger partial charge in [0.1, 0.15) is 6.61 Å². The largest absolute Gasteiger partial charge is 0.411 e.